The molecule has 1 aliphatic heterocycles. The van der Waals surface area contributed by atoms with Gasteiger partial charge in [0, 0.05) is 18.7 Å². The standard InChI is InChI=1S/C14H22N2O3S/c1-10(15)12-5-7-13(8-6-12)20(17,18)16-11(2)14-4-3-9-19-14/h5-8,10-11,14,16H,3-4,9,15H2,1-2H3. The van der Waals surface area contributed by atoms with Gasteiger partial charge >= 0.3 is 0 Å². The molecule has 0 bridgehead atoms. The number of benzene rings is 1. The lowest BCUT2D eigenvalue weighted by atomic mass is 10.1. The fraction of sp³-hybridized carbons (Fsp3) is 0.571. The summed E-state index contributed by atoms with van der Waals surface area (Å²) in [6.45, 7) is 4.41. The maximum absolute atomic E-state index is 12.3. The zero-order chi connectivity index (χ0) is 14.8. The van der Waals surface area contributed by atoms with Gasteiger partial charge in [-0.25, -0.2) is 13.1 Å². The summed E-state index contributed by atoms with van der Waals surface area (Å²) in [5, 5.41) is 0. The van der Waals surface area contributed by atoms with Gasteiger partial charge < -0.3 is 10.5 Å². The second-order valence-corrected chi connectivity index (χ2v) is 7.03. The van der Waals surface area contributed by atoms with Crippen LogP contribution in [0.25, 0.3) is 0 Å². The molecule has 0 amide bonds. The zero-order valence-electron chi connectivity index (χ0n) is 11.9. The topological polar surface area (TPSA) is 81.4 Å². The van der Waals surface area contributed by atoms with Crippen LogP contribution in [0.4, 0.5) is 0 Å². The molecule has 1 aromatic rings. The van der Waals surface area contributed by atoms with Crippen LogP contribution < -0.4 is 10.5 Å². The highest BCUT2D eigenvalue weighted by molar-refractivity contribution is 7.89. The van der Waals surface area contributed by atoms with E-state index in [1.807, 2.05) is 13.8 Å². The molecule has 1 saturated heterocycles. The van der Waals surface area contributed by atoms with Gasteiger partial charge in [0.05, 0.1) is 11.0 Å². The van der Waals surface area contributed by atoms with Crippen LogP contribution in [0.2, 0.25) is 0 Å². The molecule has 3 unspecified atom stereocenters. The molecule has 112 valence electrons. The Morgan fingerprint density at radius 3 is 2.45 bits per heavy atom. The van der Waals surface area contributed by atoms with Crippen molar-refractivity contribution >= 4 is 10.0 Å². The highest BCUT2D eigenvalue weighted by Crippen LogP contribution is 2.19. The first-order chi connectivity index (χ1) is 9.40. The van der Waals surface area contributed by atoms with E-state index in [1.165, 1.54) is 0 Å². The lowest BCUT2D eigenvalue weighted by Crippen LogP contribution is -2.40. The second-order valence-electron chi connectivity index (χ2n) is 5.32. The summed E-state index contributed by atoms with van der Waals surface area (Å²) < 4.78 is 32.7. The first kappa shape index (κ1) is 15.4. The first-order valence-electron chi connectivity index (χ1n) is 6.89. The summed E-state index contributed by atoms with van der Waals surface area (Å²) in [4.78, 5) is 0.256. The van der Waals surface area contributed by atoms with Crippen LogP contribution in [0.15, 0.2) is 29.2 Å². The molecular formula is C14H22N2O3S. The molecule has 1 fully saturated rings. The number of hydrogen-bond donors (Lipinski definition) is 2. The molecule has 3 N–H and O–H groups in total. The largest absolute Gasteiger partial charge is 0.377 e. The lowest BCUT2D eigenvalue weighted by Gasteiger charge is -2.20. The van der Waals surface area contributed by atoms with E-state index in [0.717, 1.165) is 18.4 Å². The molecule has 1 aliphatic rings. The van der Waals surface area contributed by atoms with Crippen molar-refractivity contribution < 1.29 is 13.2 Å². The third-order valence-electron chi connectivity index (χ3n) is 3.58. The Hall–Kier alpha value is -0.950. The minimum Gasteiger partial charge on any atom is -0.377 e. The minimum absolute atomic E-state index is 0.0342. The number of hydrogen-bond acceptors (Lipinski definition) is 4. The fourth-order valence-corrected chi connectivity index (χ4v) is 3.61. The van der Waals surface area contributed by atoms with Crippen LogP contribution >= 0.6 is 0 Å². The van der Waals surface area contributed by atoms with Crippen molar-refractivity contribution in [2.45, 2.75) is 49.8 Å². The number of nitrogens with one attached hydrogen (secondary N) is 1. The molecule has 0 aliphatic carbocycles. The van der Waals surface area contributed by atoms with Gasteiger partial charge in [-0.15, -0.1) is 0 Å². The number of nitrogens with two attached hydrogens (primary N) is 1. The molecule has 1 aromatic carbocycles. The van der Waals surface area contributed by atoms with Crippen LogP contribution in [0.5, 0.6) is 0 Å². The van der Waals surface area contributed by atoms with Crippen molar-refractivity contribution in [2.24, 2.45) is 5.73 Å². The molecule has 5 nitrogen and oxygen atoms in total. The van der Waals surface area contributed by atoms with Crippen LogP contribution in [0, 0.1) is 0 Å². The second kappa shape index (κ2) is 6.22. The molecular weight excluding hydrogens is 276 g/mol. The summed E-state index contributed by atoms with van der Waals surface area (Å²) in [7, 11) is -3.51. The van der Waals surface area contributed by atoms with Crippen LogP contribution in [0.1, 0.15) is 38.3 Å². The molecule has 2 rings (SSSR count). The van der Waals surface area contributed by atoms with Crippen LogP contribution in [-0.2, 0) is 14.8 Å². The van der Waals surface area contributed by atoms with E-state index in [2.05, 4.69) is 4.72 Å². The Morgan fingerprint density at radius 1 is 1.30 bits per heavy atom. The van der Waals surface area contributed by atoms with E-state index in [1.54, 1.807) is 24.3 Å². The quantitative estimate of drug-likeness (QED) is 0.864. The Bertz CT molecular complexity index is 534. The van der Waals surface area contributed by atoms with Crippen molar-refractivity contribution in [3.05, 3.63) is 29.8 Å². The Morgan fingerprint density at radius 2 is 1.95 bits per heavy atom. The van der Waals surface area contributed by atoms with E-state index in [4.69, 9.17) is 10.5 Å². The first-order valence-corrected chi connectivity index (χ1v) is 8.38. The van der Waals surface area contributed by atoms with Crippen LogP contribution in [-0.4, -0.2) is 27.2 Å². The van der Waals surface area contributed by atoms with Crippen molar-refractivity contribution in [3.63, 3.8) is 0 Å². The van der Waals surface area contributed by atoms with Crippen molar-refractivity contribution in [2.75, 3.05) is 6.61 Å². The molecule has 0 spiro atoms. The Balaban J connectivity index is 2.09. The smallest absolute Gasteiger partial charge is 0.240 e. The summed E-state index contributed by atoms with van der Waals surface area (Å²) in [6.07, 6.45) is 1.85. The normalized spacial score (nSPS) is 22.6. The van der Waals surface area contributed by atoms with Gasteiger partial charge in [0.25, 0.3) is 0 Å². The summed E-state index contributed by atoms with van der Waals surface area (Å²) in [5.41, 5.74) is 6.67. The summed E-state index contributed by atoms with van der Waals surface area (Å²) in [5.74, 6) is 0. The molecule has 1 heterocycles. The van der Waals surface area contributed by atoms with Gasteiger partial charge in [0.15, 0.2) is 0 Å². The van der Waals surface area contributed by atoms with Gasteiger partial charge in [-0.1, -0.05) is 12.1 Å². The van der Waals surface area contributed by atoms with E-state index < -0.39 is 10.0 Å². The highest BCUT2D eigenvalue weighted by atomic mass is 32.2. The molecule has 0 aromatic heterocycles. The SMILES string of the molecule is CC(N)c1ccc(S(=O)(=O)NC(C)C2CCCO2)cc1. The number of rotatable bonds is 5. The lowest BCUT2D eigenvalue weighted by molar-refractivity contribution is 0.0902. The predicted molar refractivity (Wildman–Crippen MR) is 77.8 cm³/mol. The zero-order valence-corrected chi connectivity index (χ0v) is 12.7. The van der Waals surface area contributed by atoms with Gasteiger partial charge in [-0.2, -0.15) is 0 Å². The fourth-order valence-electron chi connectivity index (χ4n) is 2.34. The number of sulfonamides is 1. The van der Waals surface area contributed by atoms with Crippen molar-refractivity contribution in [3.8, 4) is 0 Å². The monoisotopic (exact) mass is 298 g/mol. The molecule has 20 heavy (non-hydrogen) atoms. The van der Waals surface area contributed by atoms with Gasteiger partial charge in [0.2, 0.25) is 10.0 Å². The van der Waals surface area contributed by atoms with Gasteiger partial charge in [0.1, 0.15) is 0 Å². The predicted octanol–water partition coefficient (Wildman–Crippen LogP) is 1.55. The molecule has 0 saturated carbocycles. The van der Waals surface area contributed by atoms with E-state index in [-0.39, 0.29) is 23.1 Å². The van der Waals surface area contributed by atoms with E-state index >= 15 is 0 Å². The minimum atomic E-state index is -3.51. The van der Waals surface area contributed by atoms with E-state index in [0.29, 0.717) is 6.61 Å². The van der Waals surface area contributed by atoms with Gasteiger partial charge in [-0.3, -0.25) is 0 Å². The maximum Gasteiger partial charge on any atom is 0.240 e. The third-order valence-corrected chi connectivity index (χ3v) is 5.15. The third kappa shape index (κ3) is 3.58. The summed E-state index contributed by atoms with van der Waals surface area (Å²) >= 11 is 0. The Labute approximate surface area is 120 Å². The molecule has 3 atom stereocenters. The number of ether oxygens (including phenoxy) is 1. The van der Waals surface area contributed by atoms with Crippen molar-refractivity contribution in [1.29, 1.82) is 0 Å². The van der Waals surface area contributed by atoms with Crippen LogP contribution in [0.3, 0.4) is 0 Å². The van der Waals surface area contributed by atoms with Gasteiger partial charge in [-0.05, 0) is 44.4 Å². The molecule has 6 heteroatoms. The summed E-state index contributed by atoms with van der Waals surface area (Å²) in [6, 6.07) is 6.33. The highest BCUT2D eigenvalue weighted by Gasteiger charge is 2.26. The van der Waals surface area contributed by atoms with E-state index in [9.17, 15) is 8.42 Å². The Kier molecular flexibility index (Phi) is 4.80. The molecule has 0 radical (unpaired) electrons. The average Bonchev–Trinajstić information content (AvgIpc) is 2.92. The average molecular weight is 298 g/mol. The maximum atomic E-state index is 12.3. The van der Waals surface area contributed by atoms with Crippen molar-refractivity contribution in [1.82, 2.24) is 4.72 Å².